The minimum Gasteiger partial charge on any atom is -0.393 e. The van der Waals surface area contributed by atoms with Crippen LogP contribution in [-0.4, -0.2) is 4.92 Å². The Bertz CT molecular complexity index is 419. The van der Waals surface area contributed by atoms with Gasteiger partial charge in [0.15, 0.2) is 0 Å². The maximum Gasteiger partial charge on any atom is 0.424 e. The summed E-state index contributed by atoms with van der Waals surface area (Å²) in [5, 5.41) is 10.4. The molecule has 1 rings (SSSR count). The number of nitro benzene ring substituents is 1. The van der Waals surface area contributed by atoms with E-state index >= 15 is 0 Å². The summed E-state index contributed by atoms with van der Waals surface area (Å²) in [6.45, 7) is 0. The zero-order valence-corrected chi connectivity index (χ0v) is 8.59. The van der Waals surface area contributed by atoms with Gasteiger partial charge in [-0.2, -0.15) is 13.2 Å². The van der Waals surface area contributed by atoms with Crippen LogP contribution >= 0.6 is 15.9 Å². The van der Waals surface area contributed by atoms with Crippen LogP contribution in [0.1, 0.15) is 5.56 Å². The number of nitrogens with zero attached hydrogens (tertiary/aromatic N) is 1. The number of nitrogens with two attached hydrogens (primary N) is 1. The Labute approximate surface area is 90.2 Å². The minimum absolute atomic E-state index is 0.407. The Hall–Kier alpha value is -1.31. The van der Waals surface area contributed by atoms with Gasteiger partial charge in [-0.15, -0.1) is 0 Å². The molecule has 0 unspecified atom stereocenters. The lowest BCUT2D eigenvalue weighted by atomic mass is 10.1. The molecule has 0 radical (unpaired) electrons. The molecule has 0 aliphatic heterocycles. The van der Waals surface area contributed by atoms with E-state index in [4.69, 9.17) is 5.73 Å². The predicted octanol–water partition coefficient (Wildman–Crippen LogP) is 2.96. The molecule has 4 nitrogen and oxygen atoms in total. The maximum absolute atomic E-state index is 12.5. The van der Waals surface area contributed by atoms with Crippen molar-refractivity contribution in [3.05, 3.63) is 32.3 Å². The molecule has 15 heavy (non-hydrogen) atoms. The van der Waals surface area contributed by atoms with Crippen LogP contribution in [0.2, 0.25) is 0 Å². The average molecular weight is 285 g/mol. The zero-order valence-electron chi connectivity index (χ0n) is 7.01. The number of halogens is 4. The molecule has 1 aromatic carbocycles. The highest BCUT2D eigenvalue weighted by atomic mass is 79.9. The molecule has 0 saturated heterocycles. The molecule has 0 aromatic heterocycles. The van der Waals surface area contributed by atoms with Crippen LogP contribution in [-0.2, 0) is 6.18 Å². The lowest BCUT2D eigenvalue weighted by Crippen LogP contribution is -2.11. The van der Waals surface area contributed by atoms with Crippen LogP contribution < -0.4 is 5.73 Å². The van der Waals surface area contributed by atoms with Crippen molar-refractivity contribution in [2.24, 2.45) is 0 Å². The topological polar surface area (TPSA) is 69.2 Å². The second-order valence-corrected chi connectivity index (χ2v) is 3.47. The molecule has 0 aliphatic carbocycles. The third-order valence-corrected chi connectivity index (χ3v) is 2.29. The van der Waals surface area contributed by atoms with Crippen molar-refractivity contribution >= 4 is 27.3 Å². The summed E-state index contributed by atoms with van der Waals surface area (Å²) < 4.78 is 37.0. The summed E-state index contributed by atoms with van der Waals surface area (Å²) in [5.41, 5.74) is 2.11. The zero-order chi connectivity index (χ0) is 11.8. The van der Waals surface area contributed by atoms with Crippen LogP contribution in [0, 0.1) is 10.1 Å². The lowest BCUT2D eigenvalue weighted by Gasteiger charge is -2.10. The molecule has 2 N–H and O–H groups in total. The van der Waals surface area contributed by atoms with E-state index in [0.717, 1.165) is 12.1 Å². The summed E-state index contributed by atoms with van der Waals surface area (Å²) in [6, 6.07) is 2.06. The van der Waals surface area contributed by atoms with E-state index in [2.05, 4.69) is 15.9 Å². The first-order valence-electron chi connectivity index (χ1n) is 3.54. The number of hydrogen-bond acceptors (Lipinski definition) is 3. The van der Waals surface area contributed by atoms with E-state index in [1.807, 2.05) is 0 Å². The Morgan fingerprint density at radius 3 is 2.27 bits per heavy atom. The van der Waals surface area contributed by atoms with Crippen LogP contribution in [0.4, 0.5) is 24.5 Å². The van der Waals surface area contributed by atoms with Crippen LogP contribution in [0.25, 0.3) is 0 Å². The largest absolute Gasteiger partial charge is 0.424 e. The smallest absolute Gasteiger partial charge is 0.393 e. The van der Waals surface area contributed by atoms with Gasteiger partial charge in [-0.3, -0.25) is 10.1 Å². The molecule has 1 aromatic rings. The monoisotopic (exact) mass is 284 g/mol. The van der Waals surface area contributed by atoms with Gasteiger partial charge in [0, 0.05) is 4.47 Å². The first-order valence-corrected chi connectivity index (χ1v) is 4.34. The first kappa shape index (κ1) is 11.8. The molecular formula is C7H4BrF3N2O2. The summed E-state index contributed by atoms with van der Waals surface area (Å²) in [7, 11) is 0. The molecule has 0 fully saturated rings. The number of rotatable bonds is 1. The summed E-state index contributed by atoms with van der Waals surface area (Å²) in [4.78, 5) is 9.30. The van der Waals surface area contributed by atoms with Gasteiger partial charge in [0.2, 0.25) is 0 Å². The molecule has 0 heterocycles. The van der Waals surface area contributed by atoms with Gasteiger partial charge in [-0.1, -0.05) is 0 Å². The fraction of sp³-hybridized carbons (Fsp3) is 0.143. The van der Waals surface area contributed by atoms with Gasteiger partial charge in [0.1, 0.15) is 11.3 Å². The Balaban J connectivity index is 3.60. The minimum atomic E-state index is -4.82. The molecule has 0 spiro atoms. The standard InChI is InChI=1S/C7H4BrF3N2O2/c8-3-1-2-4(12)6(13(14)15)5(3)7(9,10)11/h1-2H,12H2. The van der Waals surface area contributed by atoms with E-state index in [0.29, 0.717) is 0 Å². The predicted molar refractivity (Wildman–Crippen MR) is 50.2 cm³/mol. The van der Waals surface area contributed by atoms with Gasteiger partial charge in [0.25, 0.3) is 0 Å². The van der Waals surface area contributed by atoms with Crippen molar-refractivity contribution in [1.29, 1.82) is 0 Å². The first-order chi connectivity index (χ1) is 6.75. The highest BCUT2D eigenvalue weighted by molar-refractivity contribution is 9.10. The quantitative estimate of drug-likeness (QED) is 0.490. The molecule has 0 aliphatic rings. The van der Waals surface area contributed by atoms with Crippen molar-refractivity contribution in [2.75, 3.05) is 5.73 Å². The van der Waals surface area contributed by atoms with E-state index in [9.17, 15) is 23.3 Å². The summed E-state index contributed by atoms with van der Waals surface area (Å²) in [6.07, 6.45) is -4.82. The van der Waals surface area contributed by atoms with Crippen molar-refractivity contribution in [1.82, 2.24) is 0 Å². The second kappa shape index (κ2) is 3.69. The number of anilines is 1. The Kier molecular flexibility index (Phi) is 2.89. The Morgan fingerprint density at radius 2 is 1.93 bits per heavy atom. The fourth-order valence-corrected chi connectivity index (χ4v) is 1.59. The van der Waals surface area contributed by atoms with E-state index in [1.165, 1.54) is 0 Å². The normalized spacial score (nSPS) is 11.5. The van der Waals surface area contributed by atoms with Crippen molar-refractivity contribution in [3.8, 4) is 0 Å². The number of nitro groups is 1. The molecule has 0 saturated carbocycles. The number of hydrogen-bond donors (Lipinski definition) is 1. The van der Waals surface area contributed by atoms with Gasteiger partial charge >= 0.3 is 11.9 Å². The summed E-state index contributed by atoms with van der Waals surface area (Å²) in [5.74, 6) is 0. The molecular weight excluding hydrogens is 281 g/mol. The van der Waals surface area contributed by atoms with Crippen molar-refractivity contribution in [2.45, 2.75) is 6.18 Å². The lowest BCUT2D eigenvalue weighted by molar-refractivity contribution is -0.387. The molecule has 0 bridgehead atoms. The third-order valence-electron chi connectivity index (χ3n) is 1.62. The molecule has 0 amide bonds. The number of benzene rings is 1. The van der Waals surface area contributed by atoms with Gasteiger partial charge in [-0.05, 0) is 28.1 Å². The van der Waals surface area contributed by atoms with Crippen LogP contribution in [0.5, 0.6) is 0 Å². The number of alkyl halides is 3. The SMILES string of the molecule is Nc1ccc(Br)c(C(F)(F)F)c1[N+](=O)[O-]. The highest BCUT2D eigenvalue weighted by Gasteiger charge is 2.41. The van der Waals surface area contributed by atoms with Gasteiger partial charge in [0.05, 0.1) is 4.92 Å². The highest BCUT2D eigenvalue weighted by Crippen LogP contribution is 2.43. The second-order valence-electron chi connectivity index (χ2n) is 2.62. The van der Waals surface area contributed by atoms with Crippen LogP contribution in [0.15, 0.2) is 16.6 Å². The Morgan fingerprint density at radius 1 is 1.40 bits per heavy atom. The molecule has 82 valence electrons. The third kappa shape index (κ3) is 2.20. The van der Waals surface area contributed by atoms with Crippen molar-refractivity contribution in [3.63, 3.8) is 0 Å². The molecule has 0 atom stereocenters. The van der Waals surface area contributed by atoms with E-state index in [-0.39, 0.29) is 0 Å². The van der Waals surface area contributed by atoms with E-state index in [1.54, 1.807) is 0 Å². The van der Waals surface area contributed by atoms with Crippen molar-refractivity contribution < 1.29 is 18.1 Å². The van der Waals surface area contributed by atoms with E-state index < -0.39 is 32.5 Å². The fourth-order valence-electron chi connectivity index (χ4n) is 1.05. The molecule has 8 heteroatoms. The summed E-state index contributed by atoms with van der Waals surface area (Å²) >= 11 is 2.61. The average Bonchev–Trinajstić information content (AvgIpc) is 2.05. The van der Waals surface area contributed by atoms with Gasteiger partial charge < -0.3 is 5.73 Å². The van der Waals surface area contributed by atoms with Gasteiger partial charge in [-0.25, -0.2) is 0 Å². The van der Waals surface area contributed by atoms with Crippen LogP contribution in [0.3, 0.4) is 0 Å². The number of nitrogen functional groups attached to an aromatic ring is 1. The maximum atomic E-state index is 12.5.